The zero-order valence-electron chi connectivity index (χ0n) is 8.87. The molecule has 3 rings (SSSR count). The van der Waals surface area contributed by atoms with Gasteiger partial charge in [-0.2, -0.15) is 0 Å². The van der Waals surface area contributed by atoms with Crippen LogP contribution in [0.15, 0.2) is 18.3 Å². The molecule has 80 valence electrons. The Labute approximate surface area is 90.1 Å². The molecule has 3 nitrogen and oxygen atoms in total. The number of nitrogens with one attached hydrogen (secondary N) is 1. The minimum atomic E-state index is 0.617. The Kier molecular flexibility index (Phi) is 1.87. The number of hydrogen-bond donors (Lipinski definition) is 2. The van der Waals surface area contributed by atoms with Crippen LogP contribution >= 0.6 is 0 Å². The molecule has 1 heterocycles. The Morgan fingerprint density at radius 3 is 2.87 bits per heavy atom. The van der Waals surface area contributed by atoms with E-state index in [2.05, 4.69) is 10.3 Å². The van der Waals surface area contributed by atoms with Crippen molar-refractivity contribution in [3.05, 3.63) is 18.3 Å². The molecule has 0 spiro atoms. The first-order valence-electron chi connectivity index (χ1n) is 5.74. The minimum absolute atomic E-state index is 0.617. The second-order valence-corrected chi connectivity index (χ2v) is 4.96. The fraction of sp³-hybridized carbons (Fsp3) is 0.583. The van der Waals surface area contributed by atoms with Crippen LogP contribution in [0.5, 0.6) is 0 Å². The van der Waals surface area contributed by atoms with Crippen molar-refractivity contribution < 1.29 is 0 Å². The molecule has 0 unspecified atom stereocenters. The van der Waals surface area contributed by atoms with Gasteiger partial charge in [-0.1, -0.05) is 0 Å². The molecule has 15 heavy (non-hydrogen) atoms. The van der Waals surface area contributed by atoms with Crippen molar-refractivity contribution in [2.75, 3.05) is 17.6 Å². The van der Waals surface area contributed by atoms with E-state index in [0.717, 1.165) is 24.0 Å². The molecule has 2 aliphatic carbocycles. The Morgan fingerprint density at radius 2 is 2.27 bits per heavy atom. The van der Waals surface area contributed by atoms with E-state index < -0.39 is 0 Å². The van der Waals surface area contributed by atoms with Crippen LogP contribution in [0, 0.1) is 11.3 Å². The molecule has 1 aromatic rings. The maximum absolute atomic E-state index is 5.71. The molecule has 0 amide bonds. The third-order valence-corrected chi connectivity index (χ3v) is 3.74. The number of pyridine rings is 1. The van der Waals surface area contributed by atoms with Gasteiger partial charge in [0.1, 0.15) is 5.82 Å². The highest BCUT2D eigenvalue weighted by Crippen LogP contribution is 2.61. The van der Waals surface area contributed by atoms with Crippen molar-refractivity contribution >= 4 is 11.5 Å². The van der Waals surface area contributed by atoms with Crippen LogP contribution in [0.1, 0.15) is 25.7 Å². The number of nitrogens with zero attached hydrogens (tertiary/aromatic N) is 1. The lowest BCUT2D eigenvalue weighted by Crippen LogP contribution is -2.17. The summed E-state index contributed by atoms with van der Waals surface area (Å²) in [6.07, 6.45) is 7.42. The number of rotatable bonds is 4. The van der Waals surface area contributed by atoms with E-state index in [1.807, 2.05) is 12.1 Å². The molecule has 2 aliphatic rings. The number of aromatic nitrogens is 1. The van der Waals surface area contributed by atoms with Crippen LogP contribution in [0.25, 0.3) is 0 Å². The van der Waals surface area contributed by atoms with Gasteiger partial charge >= 0.3 is 0 Å². The number of hydrogen-bond acceptors (Lipinski definition) is 3. The summed E-state index contributed by atoms with van der Waals surface area (Å²) >= 11 is 0. The monoisotopic (exact) mass is 203 g/mol. The van der Waals surface area contributed by atoms with Gasteiger partial charge in [-0.25, -0.2) is 4.98 Å². The fourth-order valence-corrected chi connectivity index (χ4v) is 2.40. The molecule has 0 bridgehead atoms. The lowest BCUT2D eigenvalue weighted by atomic mass is 10.0. The number of nitrogen functional groups attached to an aromatic ring is 1. The van der Waals surface area contributed by atoms with Crippen molar-refractivity contribution in [2.24, 2.45) is 11.3 Å². The van der Waals surface area contributed by atoms with Crippen molar-refractivity contribution in [3.63, 3.8) is 0 Å². The average Bonchev–Trinajstić information content (AvgIpc) is 3.08. The Balaban J connectivity index is 1.61. The van der Waals surface area contributed by atoms with Crippen molar-refractivity contribution in [1.82, 2.24) is 4.98 Å². The zero-order chi connectivity index (χ0) is 10.3. The first-order chi connectivity index (χ1) is 7.28. The molecule has 2 fully saturated rings. The van der Waals surface area contributed by atoms with Gasteiger partial charge in [-0.15, -0.1) is 0 Å². The molecule has 0 atom stereocenters. The topological polar surface area (TPSA) is 50.9 Å². The molecule has 0 saturated heterocycles. The van der Waals surface area contributed by atoms with Crippen LogP contribution in [0.2, 0.25) is 0 Å². The van der Waals surface area contributed by atoms with Crippen LogP contribution in [0.4, 0.5) is 11.5 Å². The summed E-state index contributed by atoms with van der Waals surface area (Å²) in [6, 6.07) is 3.72. The highest BCUT2D eigenvalue weighted by molar-refractivity contribution is 5.48. The van der Waals surface area contributed by atoms with Crippen LogP contribution in [0.3, 0.4) is 0 Å². The molecule has 0 radical (unpaired) electrons. The van der Waals surface area contributed by atoms with Gasteiger partial charge in [0.15, 0.2) is 0 Å². The highest BCUT2D eigenvalue weighted by atomic mass is 15.0. The fourth-order valence-electron chi connectivity index (χ4n) is 2.40. The molecule has 1 aromatic heterocycles. The minimum Gasteiger partial charge on any atom is -0.399 e. The number of nitrogens with two attached hydrogens (primary N) is 1. The van der Waals surface area contributed by atoms with E-state index in [1.165, 1.54) is 25.7 Å². The van der Waals surface area contributed by atoms with Crippen LogP contribution in [-0.4, -0.2) is 11.5 Å². The van der Waals surface area contributed by atoms with Gasteiger partial charge in [-0.3, -0.25) is 0 Å². The predicted molar refractivity (Wildman–Crippen MR) is 61.5 cm³/mol. The first-order valence-corrected chi connectivity index (χ1v) is 5.74. The maximum atomic E-state index is 5.71. The zero-order valence-corrected chi connectivity index (χ0v) is 8.87. The second-order valence-electron chi connectivity index (χ2n) is 4.96. The lowest BCUT2D eigenvalue weighted by molar-refractivity contribution is 0.466. The summed E-state index contributed by atoms with van der Waals surface area (Å²) in [7, 11) is 0. The molecule has 2 saturated carbocycles. The SMILES string of the molecule is Nc1ccnc(NCC2(C3CC3)CC2)c1. The van der Waals surface area contributed by atoms with Crippen molar-refractivity contribution in [2.45, 2.75) is 25.7 Å². The molecule has 3 heteroatoms. The predicted octanol–water partition coefficient (Wildman–Crippen LogP) is 2.27. The Morgan fingerprint density at radius 1 is 1.47 bits per heavy atom. The summed E-state index contributed by atoms with van der Waals surface area (Å²) in [6.45, 7) is 1.08. The standard InChI is InChI=1S/C12H17N3/c13-10-3-6-14-11(7-10)15-8-12(4-5-12)9-1-2-9/h3,6-7,9H,1-2,4-5,8H2,(H3,13,14,15). The normalized spacial score (nSPS) is 22.4. The van der Waals surface area contributed by atoms with E-state index in [1.54, 1.807) is 6.20 Å². The highest BCUT2D eigenvalue weighted by Gasteiger charge is 2.53. The maximum Gasteiger partial charge on any atom is 0.127 e. The summed E-state index contributed by atoms with van der Waals surface area (Å²) in [4.78, 5) is 4.26. The third kappa shape index (κ3) is 1.78. The van der Waals surface area contributed by atoms with Gasteiger partial charge < -0.3 is 11.1 Å². The van der Waals surface area contributed by atoms with Crippen molar-refractivity contribution in [1.29, 1.82) is 0 Å². The molecular weight excluding hydrogens is 186 g/mol. The summed E-state index contributed by atoms with van der Waals surface area (Å²) in [5, 5.41) is 3.42. The first kappa shape index (κ1) is 9.01. The lowest BCUT2D eigenvalue weighted by Gasteiger charge is -2.15. The number of anilines is 2. The summed E-state index contributed by atoms with van der Waals surface area (Å²) < 4.78 is 0. The summed E-state index contributed by atoms with van der Waals surface area (Å²) in [5.74, 6) is 1.91. The molecule has 0 aliphatic heterocycles. The van der Waals surface area contributed by atoms with E-state index in [0.29, 0.717) is 5.41 Å². The van der Waals surface area contributed by atoms with Gasteiger partial charge in [0.05, 0.1) is 0 Å². The molecule has 0 aromatic carbocycles. The van der Waals surface area contributed by atoms with Gasteiger partial charge in [0, 0.05) is 24.5 Å². The van der Waals surface area contributed by atoms with E-state index in [4.69, 9.17) is 5.73 Å². The summed E-state index contributed by atoms with van der Waals surface area (Å²) in [5.41, 5.74) is 7.10. The van der Waals surface area contributed by atoms with Gasteiger partial charge in [-0.05, 0) is 43.1 Å². The smallest absolute Gasteiger partial charge is 0.127 e. The Bertz CT molecular complexity index is 367. The van der Waals surface area contributed by atoms with E-state index in [-0.39, 0.29) is 0 Å². The average molecular weight is 203 g/mol. The largest absolute Gasteiger partial charge is 0.399 e. The van der Waals surface area contributed by atoms with Gasteiger partial charge in [0.2, 0.25) is 0 Å². The van der Waals surface area contributed by atoms with E-state index >= 15 is 0 Å². The van der Waals surface area contributed by atoms with E-state index in [9.17, 15) is 0 Å². The van der Waals surface area contributed by atoms with Gasteiger partial charge in [0.25, 0.3) is 0 Å². The van der Waals surface area contributed by atoms with Crippen LogP contribution in [-0.2, 0) is 0 Å². The molecular formula is C12H17N3. The van der Waals surface area contributed by atoms with Crippen LogP contribution < -0.4 is 11.1 Å². The Hall–Kier alpha value is -1.25. The quantitative estimate of drug-likeness (QED) is 0.789. The van der Waals surface area contributed by atoms with Crippen molar-refractivity contribution in [3.8, 4) is 0 Å². The molecule has 3 N–H and O–H groups in total. The second kappa shape index (κ2) is 3.12. The third-order valence-electron chi connectivity index (χ3n) is 3.74.